The smallest absolute Gasteiger partial charge is 0.151 e. The Kier molecular flexibility index (Phi) is 6.64. The summed E-state index contributed by atoms with van der Waals surface area (Å²) in [6.45, 7) is 5.07. The third kappa shape index (κ3) is 4.42. The normalized spacial score (nSPS) is 10.8. The molecule has 4 aromatic rings. The average Bonchev–Trinajstić information content (AvgIpc) is 3.33. The summed E-state index contributed by atoms with van der Waals surface area (Å²) in [6.07, 6.45) is 5.42. The molecule has 0 fully saturated rings. The number of hydrogen-bond acceptors (Lipinski definition) is 3. The van der Waals surface area contributed by atoms with Gasteiger partial charge in [0.2, 0.25) is 0 Å². The number of rotatable bonds is 6. The zero-order chi connectivity index (χ0) is 20.4. The first-order valence-corrected chi connectivity index (χ1v) is 9.31. The highest BCUT2D eigenvalue weighted by Crippen LogP contribution is 2.21. The lowest BCUT2D eigenvalue weighted by molar-refractivity contribution is 0.572. The van der Waals surface area contributed by atoms with Gasteiger partial charge in [0.1, 0.15) is 11.5 Å². The predicted molar refractivity (Wildman–Crippen MR) is 114 cm³/mol. The van der Waals surface area contributed by atoms with Gasteiger partial charge in [0.25, 0.3) is 0 Å². The van der Waals surface area contributed by atoms with Gasteiger partial charge in [-0.15, -0.1) is 12.4 Å². The van der Waals surface area contributed by atoms with Gasteiger partial charge in [0.15, 0.2) is 5.82 Å². The van der Waals surface area contributed by atoms with Gasteiger partial charge in [-0.2, -0.15) is 5.10 Å². The Hall–Kier alpha value is -3.03. The van der Waals surface area contributed by atoms with Crippen LogP contribution in [0.4, 0.5) is 8.78 Å². The SMILES string of the molecule is Cc1nn(-c2ccc(F)cc2F)c(C)c1CNCc1ccc(-n2ccnc2)cc1.Cl. The molecule has 0 amide bonds. The number of benzene rings is 2. The molecule has 5 nitrogen and oxygen atoms in total. The van der Waals surface area contributed by atoms with Gasteiger partial charge in [-0.1, -0.05) is 12.1 Å². The Balaban J connectivity index is 0.00000256. The van der Waals surface area contributed by atoms with E-state index in [0.29, 0.717) is 13.1 Å². The Bertz CT molecular complexity index is 1120. The van der Waals surface area contributed by atoms with E-state index in [9.17, 15) is 8.78 Å². The van der Waals surface area contributed by atoms with E-state index in [2.05, 4.69) is 27.5 Å². The van der Waals surface area contributed by atoms with Crippen LogP contribution in [-0.4, -0.2) is 19.3 Å². The zero-order valence-electron chi connectivity index (χ0n) is 16.6. The third-order valence-electron chi connectivity index (χ3n) is 4.95. The highest BCUT2D eigenvalue weighted by atomic mass is 35.5. The van der Waals surface area contributed by atoms with Crippen molar-refractivity contribution in [3.8, 4) is 11.4 Å². The fraction of sp³-hybridized carbons (Fsp3) is 0.182. The van der Waals surface area contributed by atoms with Crippen molar-refractivity contribution in [1.82, 2.24) is 24.6 Å². The molecule has 0 atom stereocenters. The van der Waals surface area contributed by atoms with Crippen LogP contribution in [0, 0.1) is 25.5 Å². The lowest BCUT2D eigenvalue weighted by Crippen LogP contribution is -2.14. The van der Waals surface area contributed by atoms with E-state index in [1.165, 1.54) is 16.8 Å². The van der Waals surface area contributed by atoms with E-state index >= 15 is 0 Å². The van der Waals surface area contributed by atoms with Crippen LogP contribution in [0.2, 0.25) is 0 Å². The van der Waals surface area contributed by atoms with Crippen molar-refractivity contribution < 1.29 is 8.78 Å². The van der Waals surface area contributed by atoms with Gasteiger partial charge in [0.05, 0.1) is 12.0 Å². The first kappa shape index (κ1) is 21.7. The van der Waals surface area contributed by atoms with Crippen LogP contribution in [0.1, 0.15) is 22.5 Å². The lowest BCUT2D eigenvalue weighted by Gasteiger charge is -2.09. The highest BCUT2D eigenvalue weighted by Gasteiger charge is 2.15. The molecule has 0 bridgehead atoms. The van der Waals surface area contributed by atoms with Gasteiger partial charge in [-0.3, -0.25) is 0 Å². The molecule has 0 spiro atoms. The van der Waals surface area contributed by atoms with Gasteiger partial charge in [0, 0.05) is 48.5 Å². The molecule has 0 aliphatic heterocycles. The van der Waals surface area contributed by atoms with Crippen molar-refractivity contribution >= 4 is 12.4 Å². The summed E-state index contributed by atoms with van der Waals surface area (Å²) in [5.41, 5.74) is 5.10. The summed E-state index contributed by atoms with van der Waals surface area (Å²) in [5.74, 6) is -1.23. The number of hydrogen-bond donors (Lipinski definition) is 1. The molecule has 0 saturated carbocycles. The Morgan fingerprint density at radius 3 is 2.43 bits per heavy atom. The minimum atomic E-state index is -0.631. The van der Waals surface area contributed by atoms with Crippen LogP contribution >= 0.6 is 12.4 Å². The maximum atomic E-state index is 14.1. The van der Waals surface area contributed by atoms with Crippen LogP contribution in [0.5, 0.6) is 0 Å². The Morgan fingerprint density at radius 2 is 1.77 bits per heavy atom. The minimum absolute atomic E-state index is 0. The second-order valence-corrected chi connectivity index (χ2v) is 6.90. The maximum Gasteiger partial charge on any atom is 0.151 e. The third-order valence-corrected chi connectivity index (χ3v) is 4.95. The van der Waals surface area contributed by atoms with Crippen LogP contribution in [0.25, 0.3) is 11.4 Å². The summed E-state index contributed by atoms with van der Waals surface area (Å²) in [5, 5.41) is 7.86. The molecule has 2 aromatic heterocycles. The quantitative estimate of drug-likeness (QED) is 0.484. The summed E-state index contributed by atoms with van der Waals surface area (Å²) >= 11 is 0. The summed E-state index contributed by atoms with van der Waals surface area (Å²) in [6, 6.07) is 11.7. The molecule has 30 heavy (non-hydrogen) atoms. The van der Waals surface area contributed by atoms with Gasteiger partial charge < -0.3 is 9.88 Å². The Labute approximate surface area is 179 Å². The largest absolute Gasteiger partial charge is 0.308 e. The molecular formula is C22H22ClF2N5. The van der Waals surface area contributed by atoms with E-state index in [0.717, 1.165) is 34.3 Å². The second kappa shape index (κ2) is 9.19. The van der Waals surface area contributed by atoms with E-state index in [4.69, 9.17) is 0 Å². The molecule has 2 heterocycles. The summed E-state index contributed by atoms with van der Waals surface area (Å²) in [4.78, 5) is 4.05. The lowest BCUT2D eigenvalue weighted by atomic mass is 10.1. The van der Waals surface area contributed by atoms with E-state index < -0.39 is 11.6 Å². The van der Waals surface area contributed by atoms with Crippen LogP contribution in [0.15, 0.2) is 61.2 Å². The molecule has 4 rings (SSSR count). The number of aromatic nitrogens is 4. The van der Waals surface area contributed by atoms with Crippen molar-refractivity contribution in [2.24, 2.45) is 0 Å². The standard InChI is InChI=1S/C22H21F2N5.ClH/c1-15-20(16(2)29(27-15)22-8-5-18(23)11-21(22)24)13-26-12-17-3-6-19(7-4-17)28-10-9-25-14-28;/h3-11,14,26H,12-13H2,1-2H3;1H. The summed E-state index contributed by atoms with van der Waals surface area (Å²) < 4.78 is 30.8. The van der Waals surface area contributed by atoms with Gasteiger partial charge in [-0.25, -0.2) is 18.4 Å². The van der Waals surface area contributed by atoms with Gasteiger partial charge >= 0.3 is 0 Å². The van der Waals surface area contributed by atoms with Crippen molar-refractivity contribution in [3.05, 3.63) is 95.3 Å². The molecule has 0 aliphatic rings. The molecule has 1 N–H and O–H groups in total. The number of halogens is 3. The molecular weight excluding hydrogens is 408 g/mol. The first-order valence-electron chi connectivity index (χ1n) is 9.31. The summed E-state index contributed by atoms with van der Waals surface area (Å²) in [7, 11) is 0. The average molecular weight is 430 g/mol. The number of aryl methyl sites for hydroxylation is 1. The van der Waals surface area contributed by atoms with Crippen LogP contribution in [-0.2, 0) is 13.1 Å². The van der Waals surface area contributed by atoms with Gasteiger partial charge in [-0.05, 0) is 43.7 Å². The number of nitrogens with one attached hydrogen (secondary N) is 1. The van der Waals surface area contributed by atoms with Crippen molar-refractivity contribution in [1.29, 1.82) is 0 Å². The molecule has 0 radical (unpaired) electrons. The molecule has 0 unspecified atom stereocenters. The van der Waals surface area contributed by atoms with E-state index in [1.54, 1.807) is 12.5 Å². The highest BCUT2D eigenvalue weighted by molar-refractivity contribution is 5.85. The minimum Gasteiger partial charge on any atom is -0.308 e. The number of nitrogens with zero attached hydrogens (tertiary/aromatic N) is 4. The molecule has 0 aliphatic carbocycles. The van der Waals surface area contributed by atoms with E-state index in [1.807, 2.05) is 36.7 Å². The van der Waals surface area contributed by atoms with E-state index in [-0.39, 0.29) is 18.1 Å². The molecule has 8 heteroatoms. The monoisotopic (exact) mass is 429 g/mol. The van der Waals surface area contributed by atoms with Crippen LogP contribution < -0.4 is 5.32 Å². The molecule has 2 aromatic carbocycles. The fourth-order valence-corrected chi connectivity index (χ4v) is 3.35. The first-order chi connectivity index (χ1) is 14.0. The molecule has 0 saturated heterocycles. The maximum absolute atomic E-state index is 14.1. The predicted octanol–water partition coefficient (Wildman–Crippen LogP) is 4.66. The zero-order valence-corrected chi connectivity index (χ0v) is 17.5. The van der Waals surface area contributed by atoms with Crippen LogP contribution in [0.3, 0.4) is 0 Å². The van der Waals surface area contributed by atoms with Crippen molar-refractivity contribution in [2.45, 2.75) is 26.9 Å². The number of imidazole rings is 1. The van der Waals surface area contributed by atoms with Crippen molar-refractivity contribution in [2.75, 3.05) is 0 Å². The Morgan fingerprint density at radius 1 is 1.00 bits per heavy atom. The fourth-order valence-electron chi connectivity index (χ4n) is 3.35. The van der Waals surface area contributed by atoms with Crippen molar-refractivity contribution in [3.63, 3.8) is 0 Å². The second-order valence-electron chi connectivity index (χ2n) is 6.90. The topological polar surface area (TPSA) is 47.7 Å². The molecule has 156 valence electrons.